The van der Waals surface area contributed by atoms with Gasteiger partial charge >= 0.3 is 0 Å². The molecule has 0 amide bonds. The minimum absolute atomic E-state index is 0.0241. The fourth-order valence-corrected chi connectivity index (χ4v) is 13.2. The van der Waals surface area contributed by atoms with Gasteiger partial charge in [0.15, 0.2) is 0 Å². The summed E-state index contributed by atoms with van der Waals surface area (Å²) in [4.78, 5) is 10.8. The maximum atomic E-state index is 5.58. The first-order valence-electron chi connectivity index (χ1n) is 19.9. The molecule has 0 atom stereocenters. The lowest BCUT2D eigenvalue weighted by atomic mass is 9.43. The molecule has 53 heavy (non-hydrogen) atoms. The molecule has 2 nitrogen and oxygen atoms in total. The molecule has 1 spiro atoms. The molecule has 0 aliphatic heterocycles. The summed E-state index contributed by atoms with van der Waals surface area (Å²) in [5.41, 5.74) is 16.1. The van der Waals surface area contributed by atoms with Crippen molar-refractivity contribution in [3.63, 3.8) is 0 Å². The third-order valence-corrected chi connectivity index (χ3v) is 15.0. The van der Waals surface area contributed by atoms with Gasteiger partial charge in [-0.25, -0.2) is 4.98 Å². The van der Waals surface area contributed by atoms with E-state index in [2.05, 4.69) is 129 Å². The molecule has 0 unspecified atom stereocenters. The second-order valence-electron chi connectivity index (χ2n) is 17.7. The zero-order chi connectivity index (χ0) is 34.8. The van der Waals surface area contributed by atoms with Crippen molar-refractivity contribution < 1.29 is 0 Å². The molecule has 0 radical (unpaired) electrons. The maximum Gasteiger partial charge on any atom is 0.0979 e. The predicted molar refractivity (Wildman–Crippen MR) is 218 cm³/mol. The summed E-state index contributed by atoms with van der Waals surface area (Å²) >= 11 is 0. The van der Waals surface area contributed by atoms with E-state index in [1.807, 2.05) is 6.20 Å². The molecule has 7 aromatic carbocycles. The van der Waals surface area contributed by atoms with Gasteiger partial charge in [0.25, 0.3) is 0 Å². The largest absolute Gasteiger partial charge is 0.252 e. The summed E-state index contributed by atoms with van der Waals surface area (Å²) in [5.74, 6) is 3.18. The van der Waals surface area contributed by atoms with Gasteiger partial charge in [0.2, 0.25) is 0 Å². The average Bonchev–Trinajstić information content (AvgIpc) is 3.61. The highest BCUT2D eigenvalue weighted by atomic mass is 14.8. The lowest BCUT2D eigenvalue weighted by molar-refractivity contribution is -0.0394. The number of benzene rings is 7. The van der Waals surface area contributed by atoms with E-state index in [9.17, 15) is 0 Å². The van der Waals surface area contributed by atoms with Crippen molar-refractivity contribution in [3.05, 3.63) is 144 Å². The third-order valence-electron chi connectivity index (χ3n) is 15.0. The monoisotopic (exact) mass is 680 g/mol. The molecule has 4 bridgehead atoms. The Morgan fingerprint density at radius 3 is 1.75 bits per heavy atom. The maximum absolute atomic E-state index is 5.58. The number of hydrogen-bond acceptors (Lipinski definition) is 2. The second-order valence-corrected chi connectivity index (χ2v) is 17.7. The van der Waals surface area contributed by atoms with E-state index < -0.39 is 0 Å². The Morgan fingerprint density at radius 2 is 1.04 bits per heavy atom. The van der Waals surface area contributed by atoms with Gasteiger partial charge in [-0.05, 0) is 134 Å². The van der Waals surface area contributed by atoms with Crippen LogP contribution in [0.2, 0.25) is 0 Å². The highest BCUT2D eigenvalue weighted by molar-refractivity contribution is 6.23. The van der Waals surface area contributed by atoms with Crippen LogP contribution >= 0.6 is 0 Å². The lowest BCUT2D eigenvalue weighted by Crippen LogP contribution is -2.55. The molecule has 1 aromatic heterocycles. The zero-order valence-corrected chi connectivity index (χ0v) is 30.3. The molecule has 4 fully saturated rings. The highest BCUT2D eigenvalue weighted by Gasteiger charge is 2.62. The molecule has 6 aliphatic carbocycles. The van der Waals surface area contributed by atoms with Crippen LogP contribution in [0.4, 0.5) is 0 Å². The Hall–Kier alpha value is -5.34. The Kier molecular flexibility index (Phi) is 5.39. The van der Waals surface area contributed by atoms with Crippen LogP contribution in [0.25, 0.3) is 76.9 Å². The van der Waals surface area contributed by atoms with Crippen LogP contribution < -0.4 is 0 Å². The summed E-state index contributed by atoms with van der Waals surface area (Å²) in [6.07, 6.45) is 9.01. The van der Waals surface area contributed by atoms with Crippen molar-refractivity contribution in [1.82, 2.24) is 9.97 Å². The second kappa shape index (κ2) is 9.79. The highest BCUT2D eigenvalue weighted by Crippen LogP contribution is 2.71. The number of aromatic nitrogens is 2. The summed E-state index contributed by atoms with van der Waals surface area (Å²) in [6.45, 7) is 4.91. The van der Waals surface area contributed by atoms with Gasteiger partial charge in [-0.15, -0.1) is 0 Å². The van der Waals surface area contributed by atoms with E-state index >= 15 is 0 Å². The molecular weight excluding hydrogens is 641 g/mol. The topological polar surface area (TPSA) is 25.8 Å². The quantitative estimate of drug-likeness (QED) is 0.161. The molecule has 6 aliphatic rings. The third kappa shape index (κ3) is 3.47. The van der Waals surface area contributed by atoms with Crippen LogP contribution in [0.1, 0.15) is 68.2 Å². The fourth-order valence-electron chi connectivity index (χ4n) is 13.2. The molecule has 254 valence electrons. The molecule has 14 rings (SSSR count). The van der Waals surface area contributed by atoms with Crippen LogP contribution in [-0.2, 0) is 10.8 Å². The van der Waals surface area contributed by atoms with Crippen molar-refractivity contribution in [2.45, 2.75) is 56.8 Å². The van der Waals surface area contributed by atoms with Crippen molar-refractivity contribution in [2.75, 3.05) is 0 Å². The van der Waals surface area contributed by atoms with Crippen molar-refractivity contribution in [2.24, 2.45) is 23.7 Å². The summed E-state index contributed by atoms with van der Waals surface area (Å²) in [7, 11) is 0. The molecule has 2 heteroatoms. The van der Waals surface area contributed by atoms with Crippen LogP contribution in [-0.4, -0.2) is 9.97 Å². The summed E-state index contributed by atoms with van der Waals surface area (Å²) < 4.78 is 0. The summed E-state index contributed by atoms with van der Waals surface area (Å²) in [6, 6.07) is 43.8. The molecule has 0 N–H and O–H groups in total. The Morgan fingerprint density at radius 1 is 0.472 bits per heavy atom. The first-order chi connectivity index (χ1) is 26.0. The Balaban J connectivity index is 1.14. The molecule has 1 heterocycles. The molecule has 0 saturated heterocycles. The molecule has 4 saturated carbocycles. The molecular formula is C51H40N2. The standard InChI is InChI=1S/C51H40N2/c1-50(2)43-18-10-9-14-35(43)39-24-40-42-25-41(46-27-52-48-37-16-7-4-11-32(37)33-12-5-8-17-38(33)49(48)53-46)34-13-3-6-15-36(34)47(42)51(45(40)26-44(39)50)30-20-28-19-29(22-30)23-31(51)21-28/h3-18,24-31H,19-23H2,1-2H3. The van der Waals surface area contributed by atoms with Crippen LogP contribution in [0, 0.1) is 23.7 Å². The molecule has 8 aromatic rings. The number of fused-ring (bicyclic) bond motifs is 14. The van der Waals surface area contributed by atoms with Gasteiger partial charge in [0.05, 0.1) is 22.9 Å². The number of nitrogens with zero attached hydrogens (tertiary/aromatic N) is 2. The van der Waals surface area contributed by atoms with Crippen LogP contribution in [0.15, 0.2) is 121 Å². The van der Waals surface area contributed by atoms with E-state index in [-0.39, 0.29) is 10.8 Å². The van der Waals surface area contributed by atoms with Crippen molar-refractivity contribution >= 4 is 43.4 Å². The first-order valence-corrected chi connectivity index (χ1v) is 19.9. The van der Waals surface area contributed by atoms with E-state index in [1.54, 1.807) is 11.1 Å². The van der Waals surface area contributed by atoms with Crippen LogP contribution in [0.5, 0.6) is 0 Å². The van der Waals surface area contributed by atoms with Gasteiger partial charge in [-0.1, -0.05) is 117 Å². The van der Waals surface area contributed by atoms with Gasteiger partial charge in [0, 0.05) is 27.2 Å². The minimum Gasteiger partial charge on any atom is -0.252 e. The van der Waals surface area contributed by atoms with Crippen molar-refractivity contribution in [1.29, 1.82) is 0 Å². The van der Waals surface area contributed by atoms with Crippen molar-refractivity contribution in [3.8, 4) is 33.5 Å². The minimum atomic E-state index is -0.0241. The van der Waals surface area contributed by atoms with Crippen LogP contribution in [0.3, 0.4) is 0 Å². The average molecular weight is 681 g/mol. The summed E-state index contributed by atoms with van der Waals surface area (Å²) in [5, 5.41) is 7.52. The smallest absolute Gasteiger partial charge is 0.0979 e. The lowest BCUT2D eigenvalue weighted by Gasteiger charge is -2.61. The normalized spacial score (nSPS) is 25.4. The number of hydrogen-bond donors (Lipinski definition) is 0. The first kappa shape index (κ1) is 29.2. The van der Waals surface area contributed by atoms with Gasteiger partial charge in [0.1, 0.15) is 0 Å². The van der Waals surface area contributed by atoms with Gasteiger partial charge in [-0.3, -0.25) is 4.98 Å². The van der Waals surface area contributed by atoms with Gasteiger partial charge < -0.3 is 0 Å². The van der Waals surface area contributed by atoms with Gasteiger partial charge in [-0.2, -0.15) is 0 Å². The Labute approximate surface area is 309 Å². The van der Waals surface area contributed by atoms with E-state index in [4.69, 9.17) is 9.97 Å². The Bertz CT molecular complexity index is 2880. The number of rotatable bonds is 1. The SMILES string of the molecule is CC1(C)c2ccccc2-c2cc3c(cc21)C1(c2c-3cc(-c3cnc4c5ccccc5c5ccccc5c4n3)c3ccccc23)C2CC3CC(C2)CC1C3. The van der Waals surface area contributed by atoms with E-state index in [1.165, 1.54) is 92.6 Å². The predicted octanol–water partition coefficient (Wildman–Crippen LogP) is 12.8. The fraction of sp³-hybridized carbons (Fsp3) is 0.255. The van der Waals surface area contributed by atoms with E-state index in [0.717, 1.165) is 39.3 Å². The van der Waals surface area contributed by atoms with E-state index in [0.29, 0.717) is 11.8 Å². The zero-order valence-electron chi connectivity index (χ0n) is 30.3.